The van der Waals surface area contributed by atoms with E-state index in [0.29, 0.717) is 19.0 Å². The van der Waals surface area contributed by atoms with Crippen LogP contribution < -0.4 is 0 Å². The molecule has 0 radical (unpaired) electrons. The highest BCUT2D eigenvalue weighted by Gasteiger charge is 2.42. The van der Waals surface area contributed by atoms with Crippen molar-refractivity contribution in [2.24, 2.45) is 11.8 Å². The maximum atomic E-state index is 11.5. The molecule has 0 aromatic carbocycles. The zero-order valence-electron chi connectivity index (χ0n) is 8.27. The molecule has 2 atom stereocenters. The summed E-state index contributed by atoms with van der Waals surface area (Å²) in [7, 11) is 0. The Morgan fingerprint density at radius 2 is 2.21 bits per heavy atom. The SMILES string of the molecule is CC(C(=O)O)C1CC(=O)N(C2CC2)C1. The van der Waals surface area contributed by atoms with Gasteiger partial charge in [0.2, 0.25) is 5.91 Å². The first-order valence-electron chi connectivity index (χ1n) is 5.12. The summed E-state index contributed by atoms with van der Waals surface area (Å²) in [5.41, 5.74) is 0. The third-order valence-corrected chi connectivity index (χ3v) is 3.27. The van der Waals surface area contributed by atoms with E-state index in [1.165, 1.54) is 0 Å². The molecule has 1 aliphatic carbocycles. The standard InChI is InChI=1S/C10H15NO3/c1-6(10(13)14)7-4-9(12)11(5-7)8-2-3-8/h6-8H,2-5H2,1H3,(H,13,14). The van der Waals surface area contributed by atoms with Gasteiger partial charge in [0.15, 0.2) is 0 Å². The van der Waals surface area contributed by atoms with Crippen LogP contribution in [0, 0.1) is 11.8 Å². The lowest BCUT2D eigenvalue weighted by Gasteiger charge is -2.17. The maximum Gasteiger partial charge on any atom is 0.306 e. The molecule has 0 aromatic rings. The third-order valence-electron chi connectivity index (χ3n) is 3.27. The van der Waals surface area contributed by atoms with Crippen molar-refractivity contribution in [1.29, 1.82) is 0 Å². The van der Waals surface area contributed by atoms with Gasteiger partial charge in [-0.1, -0.05) is 6.92 Å². The largest absolute Gasteiger partial charge is 0.481 e. The molecule has 1 saturated heterocycles. The molecule has 0 aromatic heterocycles. The second-order valence-corrected chi connectivity index (χ2v) is 4.37. The van der Waals surface area contributed by atoms with Crippen LogP contribution in [0.1, 0.15) is 26.2 Å². The van der Waals surface area contributed by atoms with Gasteiger partial charge in [0.25, 0.3) is 0 Å². The van der Waals surface area contributed by atoms with Gasteiger partial charge in [0.1, 0.15) is 0 Å². The molecule has 1 aliphatic heterocycles. The van der Waals surface area contributed by atoms with E-state index in [1.54, 1.807) is 6.92 Å². The third kappa shape index (κ3) is 1.61. The number of amides is 1. The van der Waals surface area contributed by atoms with Crippen molar-refractivity contribution < 1.29 is 14.7 Å². The molecule has 78 valence electrons. The number of rotatable bonds is 3. The van der Waals surface area contributed by atoms with E-state index in [2.05, 4.69) is 0 Å². The molecular formula is C10H15NO3. The van der Waals surface area contributed by atoms with Crippen molar-refractivity contribution in [2.75, 3.05) is 6.54 Å². The van der Waals surface area contributed by atoms with Crippen LogP contribution in [0.5, 0.6) is 0 Å². The minimum atomic E-state index is -0.791. The normalized spacial score (nSPS) is 29.4. The van der Waals surface area contributed by atoms with Crippen LogP contribution in [-0.2, 0) is 9.59 Å². The summed E-state index contributed by atoms with van der Waals surface area (Å²) < 4.78 is 0. The number of aliphatic carboxylic acids is 1. The predicted octanol–water partition coefficient (Wildman–Crippen LogP) is 0.718. The second kappa shape index (κ2) is 3.26. The summed E-state index contributed by atoms with van der Waals surface area (Å²) in [6.45, 7) is 2.34. The quantitative estimate of drug-likeness (QED) is 0.725. The van der Waals surface area contributed by atoms with Gasteiger partial charge in [-0.25, -0.2) is 0 Å². The Bertz CT molecular complexity index is 273. The van der Waals surface area contributed by atoms with Crippen LogP contribution in [0.25, 0.3) is 0 Å². The molecule has 0 bridgehead atoms. The summed E-state index contributed by atoms with van der Waals surface area (Å²) in [6.07, 6.45) is 2.61. The van der Waals surface area contributed by atoms with Gasteiger partial charge < -0.3 is 10.0 Å². The number of carboxylic acids is 1. The van der Waals surface area contributed by atoms with Gasteiger partial charge in [-0.15, -0.1) is 0 Å². The minimum absolute atomic E-state index is 0.0144. The highest BCUT2D eigenvalue weighted by molar-refractivity contribution is 5.81. The number of nitrogens with zero attached hydrogens (tertiary/aromatic N) is 1. The number of hydrogen-bond donors (Lipinski definition) is 1. The lowest BCUT2D eigenvalue weighted by molar-refractivity contribution is -0.142. The fraction of sp³-hybridized carbons (Fsp3) is 0.800. The Hall–Kier alpha value is -1.06. The first-order valence-corrected chi connectivity index (χ1v) is 5.12. The molecule has 4 nitrogen and oxygen atoms in total. The molecule has 4 heteroatoms. The minimum Gasteiger partial charge on any atom is -0.481 e. The van der Waals surface area contributed by atoms with Crippen molar-refractivity contribution in [2.45, 2.75) is 32.2 Å². The molecular weight excluding hydrogens is 182 g/mol. The van der Waals surface area contributed by atoms with Crippen LogP contribution in [0.2, 0.25) is 0 Å². The van der Waals surface area contributed by atoms with E-state index in [4.69, 9.17) is 5.11 Å². The fourth-order valence-electron chi connectivity index (χ4n) is 2.04. The smallest absolute Gasteiger partial charge is 0.306 e. The van der Waals surface area contributed by atoms with Crippen LogP contribution in [0.3, 0.4) is 0 Å². The highest BCUT2D eigenvalue weighted by Crippen LogP contribution is 2.34. The van der Waals surface area contributed by atoms with Gasteiger partial charge in [-0.2, -0.15) is 0 Å². The van der Waals surface area contributed by atoms with Crippen molar-refractivity contribution in [3.8, 4) is 0 Å². The molecule has 2 rings (SSSR count). The van der Waals surface area contributed by atoms with Crippen molar-refractivity contribution in [3.05, 3.63) is 0 Å². The predicted molar refractivity (Wildman–Crippen MR) is 49.6 cm³/mol. The Labute approximate surface area is 82.9 Å². The lowest BCUT2D eigenvalue weighted by atomic mass is 9.93. The number of carbonyl (C=O) groups excluding carboxylic acids is 1. The van der Waals surface area contributed by atoms with E-state index in [9.17, 15) is 9.59 Å². The zero-order valence-corrected chi connectivity index (χ0v) is 8.27. The lowest BCUT2D eigenvalue weighted by Crippen LogP contribution is -2.29. The Balaban J connectivity index is 1.98. The van der Waals surface area contributed by atoms with E-state index in [0.717, 1.165) is 12.8 Å². The van der Waals surface area contributed by atoms with Crippen LogP contribution in [0.15, 0.2) is 0 Å². The van der Waals surface area contributed by atoms with E-state index >= 15 is 0 Å². The van der Waals surface area contributed by atoms with Crippen molar-refractivity contribution >= 4 is 11.9 Å². The fourth-order valence-corrected chi connectivity index (χ4v) is 2.04. The first kappa shape index (κ1) is 9.49. The van der Waals surface area contributed by atoms with Crippen molar-refractivity contribution in [1.82, 2.24) is 4.90 Å². The number of carboxylic acid groups (broad SMARTS) is 1. The molecule has 2 fully saturated rings. The van der Waals surface area contributed by atoms with Gasteiger partial charge in [0, 0.05) is 19.0 Å². The Kier molecular flexibility index (Phi) is 2.21. The first-order chi connectivity index (χ1) is 6.59. The molecule has 1 saturated carbocycles. The summed E-state index contributed by atoms with van der Waals surface area (Å²) in [5, 5.41) is 8.84. The number of hydrogen-bond acceptors (Lipinski definition) is 2. The molecule has 1 N–H and O–H groups in total. The molecule has 2 unspecified atom stereocenters. The van der Waals surface area contributed by atoms with E-state index in [-0.39, 0.29) is 11.8 Å². The van der Waals surface area contributed by atoms with Gasteiger partial charge in [-0.05, 0) is 18.8 Å². The molecule has 0 spiro atoms. The average Bonchev–Trinajstić information content (AvgIpc) is 2.89. The van der Waals surface area contributed by atoms with E-state index < -0.39 is 11.9 Å². The summed E-state index contributed by atoms with van der Waals surface area (Å²) in [5.74, 6) is -1.03. The Morgan fingerprint density at radius 1 is 1.57 bits per heavy atom. The molecule has 1 amide bonds. The van der Waals surface area contributed by atoms with E-state index in [1.807, 2.05) is 4.90 Å². The summed E-state index contributed by atoms with van der Waals surface area (Å²) >= 11 is 0. The summed E-state index contributed by atoms with van der Waals surface area (Å²) in [6, 6.07) is 0.425. The Morgan fingerprint density at radius 3 is 2.71 bits per heavy atom. The maximum absolute atomic E-state index is 11.5. The van der Waals surface area contributed by atoms with Crippen LogP contribution >= 0.6 is 0 Å². The molecule has 1 heterocycles. The zero-order chi connectivity index (χ0) is 10.3. The van der Waals surface area contributed by atoms with Gasteiger partial charge in [0.05, 0.1) is 5.92 Å². The number of likely N-dealkylation sites (tertiary alicyclic amines) is 1. The molecule has 14 heavy (non-hydrogen) atoms. The summed E-state index contributed by atoms with van der Waals surface area (Å²) in [4.78, 5) is 24.1. The topological polar surface area (TPSA) is 57.6 Å². The van der Waals surface area contributed by atoms with Crippen molar-refractivity contribution in [3.63, 3.8) is 0 Å². The number of carbonyl (C=O) groups is 2. The highest BCUT2D eigenvalue weighted by atomic mass is 16.4. The van der Waals surface area contributed by atoms with Gasteiger partial charge >= 0.3 is 5.97 Å². The van der Waals surface area contributed by atoms with Crippen LogP contribution in [0.4, 0.5) is 0 Å². The second-order valence-electron chi connectivity index (χ2n) is 4.37. The monoisotopic (exact) mass is 197 g/mol. The average molecular weight is 197 g/mol. The van der Waals surface area contributed by atoms with Gasteiger partial charge in [-0.3, -0.25) is 9.59 Å². The molecule has 2 aliphatic rings. The van der Waals surface area contributed by atoms with Crippen LogP contribution in [-0.4, -0.2) is 34.5 Å².